The number of benzene rings is 1. The van der Waals surface area contributed by atoms with Crippen LogP contribution in [0.5, 0.6) is 0 Å². The van der Waals surface area contributed by atoms with Crippen molar-refractivity contribution in [2.24, 2.45) is 11.7 Å². The summed E-state index contributed by atoms with van der Waals surface area (Å²) in [4.78, 5) is 24.4. The van der Waals surface area contributed by atoms with E-state index in [0.29, 0.717) is 13.0 Å². The highest BCUT2D eigenvalue weighted by atomic mass is 16.6. The number of carbonyl (C=O) groups excluding carboxylic acids is 2. The fourth-order valence-electron chi connectivity index (χ4n) is 2.29. The Hall–Kier alpha value is -1.88. The normalized spacial score (nSPS) is 12.0. The number of carbonyl (C=O) groups is 2. The maximum absolute atomic E-state index is 12.2. The molecule has 0 amide bonds. The molecule has 0 fully saturated rings. The van der Waals surface area contributed by atoms with E-state index >= 15 is 0 Å². The molecule has 0 aliphatic heterocycles. The van der Waals surface area contributed by atoms with Crippen LogP contribution in [0.25, 0.3) is 0 Å². The third-order valence-electron chi connectivity index (χ3n) is 3.19. The number of nitrogens with two attached hydrogens (primary N) is 1. The van der Waals surface area contributed by atoms with Crippen molar-refractivity contribution in [3.05, 3.63) is 35.9 Å². The number of hydrogen-bond acceptors (Lipinski definition) is 5. The van der Waals surface area contributed by atoms with Crippen LogP contribution < -0.4 is 5.73 Å². The lowest BCUT2D eigenvalue weighted by Gasteiger charge is -2.24. The highest BCUT2D eigenvalue weighted by Gasteiger charge is 2.37. The summed E-state index contributed by atoms with van der Waals surface area (Å²) in [6.07, 6.45) is 0.506. The number of esters is 2. The standard InChI is InChI=1S/C16H23NO4/c1-3-20-15(18)14(16(19)21-4-2)13(10-11-17)12-8-6-5-7-9-12/h5-9,13-14H,3-4,10-11,17H2,1-2H3/t13-/m0/s1. The molecule has 5 nitrogen and oxygen atoms in total. The zero-order chi connectivity index (χ0) is 15.7. The molecule has 2 N–H and O–H groups in total. The van der Waals surface area contributed by atoms with E-state index in [1.165, 1.54) is 0 Å². The van der Waals surface area contributed by atoms with Crippen molar-refractivity contribution in [1.29, 1.82) is 0 Å². The van der Waals surface area contributed by atoms with Gasteiger partial charge < -0.3 is 15.2 Å². The maximum atomic E-state index is 12.2. The van der Waals surface area contributed by atoms with E-state index < -0.39 is 17.9 Å². The molecule has 1 aromatic rings. The Kier molecular flexibility index (Phi) is 7.46. The molecule has 0 aliphatic carbocycles. The van der Waals surface area contributed by atoms with Crippen molar-refractivity contribution < 1.29 is 19.1 Å². The predicted octanol–water partition coefficient (Wildman–Crippen LogP) is 1.86. The quantitative estimate of drug-likeness (QED) is 0.584. The largest absolute Gasteiger partial charge is 0.465 e. The van der Waals surface area contributed by atoms with Gasteiger partial charge in [0.2, 0.25) is 0 Å². The van der Waals surface area contributed by atoms with Gasteiger partial charge >= 0.3 is 11.9 Å². The Labute approximate surface area is 125 Å². The topological polar surface area (TPSA) is 78.6 Å². The molecule has 1 atom stereocenters. The molecular weight excluding hydrogens is 270 g/mol. The highest BCUT2D eigenvalue weighted by Crippen LogP contribution is 2.30. The molecule has 0 spiro atoms. The fraction of sp³-hybridized carbons (Fsp3) is 0.500. The average molecular weight is 293 g/mol. The zero-order valence-corrected chi connectivity index (χ0v) is 12.6. The highest BCUT2D eigenvalue weighted by molar-refractivity contribution is 5.96. The molecule has 1 rings (SSSR count). The maximum Gasteiger partial charge on any atom is 0.320 e. The predicted molar refractivity (Wildman–Crippen MR) is 79.6 cm³/mol. The van der Waals surface area contributed by atoms with E-state index in [9.17, 15) is 9.59 Å². The molecule has 0 bridgehead atoms. The Balaban J connectivity index is 3.11. The summed E-state index contributed by atoms with van der Waals surface area (Å²) < 4.78 is 10.1. The van der Waals surface area contributed by atoms with Gasteiger partial charge in [0, 0.05) is 5.92 Å². The molecule has 0 aliphatic rings. The van der Waals surface area contributed by atoms with Crippen molar-refractivity contribution in [2.75, 3.05) is 19.8 Å². The second kappa shape index (κ2) is 9.13. The Morgan fingerprint density at radius 1 is 1.05 bits per heavy atom. The van der Waals surface area contributed by atoms with Crippen LogP contribution in [0.3, 0.4) is 0 Å². The first-order chi connectivity index (χ1) is 10.2. The monoisotopic (exact) mass is 293 g/mol. The minimum absolute atomic E-state index is 0.221. The Morgan fingerprint density at radius 2 is 1.57 bits per heavy atom. The van der Waals surface area contributed by atoms with E-state index in [2.05, 4.69) is 0 Å². The SMILES string of the molecule is CCOC(=O)C(C(=O)OCC)[C@@H](CCN)c1ccccc1. The van der Waals surface area contributed by atoms with Crippen molar-refractivity contribution >= 4 is 11.9 Å². The summed E-state index contributed by atoms with van der Waals surface area (Å²) in [6, 6.07) is 9.38. The van der Waals surface area contributed by atoms with Gasteiger partial charge in [-0.1, -0.05) is 30.3 Å². The average Bonchev–Trinajstić information content (AvgIpc) is 2.48. The van der Waals surface area contributed by atoms with Crippen LogP contribution in [0.2, 0.25) is 0 Å². The summed E-state index contributed by atoms with van der Waals surface area (Å²) in [6.45, 7) is 4.23. The third-order valence-corrected chi connectivity index (χ3v) is 3.19. The number of ether oxygens (including phenoxy) is 2. The van der Waals surface area contributed by atoms with Gasteiger partial charge in [0.05, 0.1) is 13.2 Å². The molecule has 0 saturated heterocycles. The molecule has 116 valence electrons. The smallest absolute Gasteiger partial charge is 0.320 e. The lowest BCUT2D eigenvalue weighted by Crippen LogP contribution is -2.34. The molecule has 0 heterocycles. The van der Waals surface area contributed by atoms with Gasteiger partial charge in [-0.05, 0) is 32.4 Å². The van der Waals surface area contributed by atoms with Gasteiger partial charge in [0.25, 0.3) is 0 Å². The van der Waals surface area contributed by atoms with Crippen LogP contribution in [0.15, 0.2) is 30.3 Å². The Morgan fingerprint density at radius 3 is 2.00 bits per heavy atom. The van der Waals surface area contributed by atoms with Gasteiger partial charge in [-0.25, -0.2) is 0 Å². The minimum Gasteiger partial charge on any atom is -0.465 e. The van der Waals surface area contributed by atoms with Crippen LogP contribution >= 0.6 is 0 Å². The van der Waals surface area contributed by atoms with Crippen LogP contribution in [-0.4, -0.2) is 31.7 Å². The molecule has 0 radical (unpaired) electrons. The lowest BCUT2D eigenvalue weighted by atomic mass is 9.83. The van der Waals surface area contributed by atoms with E-state index in [1.54, 1.807) is 13.8 Å². The van der Waals surface area contributed by atoms with Gasteiger partial charge in [0.15, 0.2) is 5.92 Å². The summed E-state index contributed by atoms with van der Waals surface area (Å²) in [5, 5.41) is 0. The van der Waals surface area contributed by atoms with Crippen molar-refractivity contribution in [2.45, 2.75) is 26.2 Å². The molecule has 0 unspecified atom stereocenters. The first-order valence-corrected chi connectivity index (χ1v) is 7.23. The Bertz CT molecular complexity index is 429. The second-order valence-electron chi connectivity index (χ2n) is 4.58. The zero-order valence-electron chi connectivity index (χ0n) is 12.6. The first-order valence-electron chi connectivity index (χ1n) is 7.23. The van der Waals surface area contributed by atoms with Gasteiger partial charge in [-0.15, -0.1) is 0 Å². The summed E-state index contributed by atoms with van der Waals surface area (Å²) in [7, 11) is 0. The van der Waals surface area contributed by atoms with Gasteiger partial charge in [-0.2, -0.15) is 0 Å². The van der Waals surface area contributed by atoms with E-state index in [1.807, 2.05) is 30.3 Å². The third kappa shape index (κ3) is 4.86. The van der Waals surface area contributed by atoms with Crippen molar-refractivity contribution in [3.63, 3.8) is 0 Å². The van der Waals surface area contributed by atoms with E-state index in [0.717, 1.165) is 5.56 Å². The molecule has 21 heavy (non-hydrogen) atoms. The van der Waals surface area contributed by atoms with Crippen LogP contribution in [0.4, 0.5) is 0 Å². The molecular formula is C16H23NO4. The van der Waals surface area contributed by atoms with Gasteiger partial charge in [-0.3, -0.25) is 9.59 Å². The van der Waals surface area contributed by atoms with E-state index in [-0.39, 0.29) is 19.1 Å². The lowest BCUT2D eigenvalue weighted by molar-refractivity contribution is -0.162. The fourth-order valence-corrected chi connectivity index (χ4v) is 2.29. The summed E-state index contributed by atoms with van der Waals surface area (Å²) in [5.41, 5.74) is 6.53. The molecule has 0 aromatic heterocycles. The van der Waals surface area contributed by atoms with E-state index in [4.69, 9.17) is 15.2 Å². The van der Waals surface area contributed by atoms with Crippen LogP contribution in [0, 0.1) is 5.92 Å². The molecule has 0 saturated carbocycles. The minimum atomic E-state index is -0.976. The van der Waals surface area contributed by atoms with Crippen LogP contribution in [-0.2, 0) is 19.1 Å². The van der Waals surface area contributed by atoms with Crippen molar-refractivity contribution in [3.8, 4) is 0 Å². The van der Waals surface area contributed by atoms with Crippen molar-refractivity contribution in [1.82, 2.24) is 0 Å². The number of rotatable bonds is 8. The second-order valence-corrected chi connectivity index (χ2v) is 4.58. The first kappa shape index (κ1) is 17.2. The van der Waals surface area contributed by atoms with Gasteiger partial charge in [0.1, 0.15) is 0 Å². The van der Waals surface area contributed by atoms with Crippen LogP contribution in [0.1, 0.15) is 31.7 Å². The summed E-state index contributed by atoms with van der Waals surface area (Å²) in [5.74, 6) is -2.43. The molecule has 5 heteroatoms. The summed E-state index contributed by atoms with van der Waals surface area (Å²) >= 11 is 0. The number of hydrogen-bond donors (Lipinski definition) is 1. The molecule has 1 aromatic carbocycles.